The molecule has 1 aromatic heterocycles. The lowest BCUT2D eigenvalue weighted by Gasteiger charge is -2.15. The maximum absolute atomic E-state index is 11.6. The van der Waals surface area contributed by atoms with Gasteiger partial charge in [0.2, 0.25) is 5.91 Å². The highest BCUT2D eigenvalue weighted by Crippen LogP contribution is 2.22. The number of aromatic nitrogens is 1. The average Bonchev–Trinajstić information content (AvgIpc) is 2.69. The third kappa shape index (κ3) is 3.19. The molecule has 0 radical (unpaired) electrons. The highest BCUT2D eigenvalue weighted by atomic mass is 35.5. The molecule has 0 bridgehead atoms. The van der Waals surface area contributed by atoms with E-state index in [0.29, 0.717) is 6.42 Å². The van der Waals surface area contributed by atoms with Crippen LogP contribution < -0.4 is 5.73 Å². The molecule has 0 fully saturated rings. The van der Waals surface area contributed by atoms with Gasteiger partial charge in [-0.1, -0.05) is 12.1 Å². The molecule has 1 unspecified atom stereocenters. The van der Waals surface area contributed by atoms with Crippen molar-refractivity contribution in [3.05, 3.63) is 29.3 Å². The van der Waals surface area contributed by atoms with E-state index in [2.05, 4.69) is 4.98 Å². The minimum atomic E-state index is -0.509. The van der Waals surface area contributed by atoms with Crippen molar-refractivity contribution in [3.63, 3.8) is 0 Å². The molecular weight excluding hydrogens is 270 g/mol. The van der Waals surface area contributed by atoms with Crippen LogP contribution in [0.15, 0.2) is 24.3 Å². The van der Waals surface area contributed by atoms with Gasteiger partial charge in [0.1, 0.15) is 0 Å². The second-order valence-corrected chi connectivity index (χ2v) is 5.23. The molecule has 1 amide bonds. The van der Waals surface area contributed by atoms with E-state index < -0.39 is 6.04 Å². The van der Waals surface area contributed by atoms with Gasteiger partial charge in [-0.3, -0.25) is 4.79 Å². The zero-order valence-corrected chi connectivity index (χ0v) is 11.9. The maximum atomic E-state index is 11.6. The zero-order chi connectivity index (χ0) is 12.4. The molecule has 2 aromatic rings. The van der Waals surface area contributed by atoms with Crippen LogP contribution in [0.3, 0.4) is 0 Å². The Morgan fingerprint density at radius 1 is 1.44 bits per heavy atom. The maximum Gasteiger partial charge on any atom is 0.239 e. The van der Waals surface area contributed by atoms with Crippen molar-refractivity contribution in [3.8, 4) is 0 Å². The summed E-state index contributed by atoms with van der Waals surface area (Å²) in [6, 6.07) is 7.42. The molecule has 4 nitrogen and oxygen atoms in total. The minimum absolute atomic E-state index is 0. The van der Waals surface area contributed by atoms with Gasteiger partial charge in [0, 0.05) is 20.5 Å². The number of amides is 1. The van der Waals surface area contributed by atoms with E-state index in [1.54, 1.807) is 25.4 Å². The second kappa shape index (κ2) is 6.13. The van der Waals surface area contributed by atoms with Crippen LogP contribution in [0, 0.1) is 0 Å². The molecule has 18 heavy (non-hydrogen) atoms. The average molecular weight is 286 g/mol. The molecule has 0 saturated heterocycles. The number of fused-ring (bicyclic) bond motifs is 1. The fourth-order valence-electron chi connectivity index (χ4n) is 1.61. The Morgan fingerprint density at radius 3 is 2.72 bits per heavy atom. The van der Waals surface area contributed by atoms with Gasteiger partial charge in [0.15, 0.2) is 0 Å². The molecule has 6 heteroatoms. The Balaban J connectivity index is 0.00000162. The van der Waals surface area contributed by atoms with E-state index >= 15 is 0 Å². The lowest BCUT2D eigenvalue weighted by atomic mass is 10.2. The van der Waals surface area contributed by atoms with E-state index in [1.165, 1.54) is 4.90 Å². The summed E-state index contributed by atoms with van der Waals surface area (Å²) in [5.41, 5.74) is 6.82. The fraction of sp³-hybridized carbons (Fsp3) is 0.333. The van der Waals surface area contributed by atoms with Crippen molar-refractivity contribution in [2.75, 3.05) is 14.1 Å². The molecule has 0 aliphatic carbocycles. The lowest BCUT2D eigenvalue weighted by molar-refractivity contribution is -0.130. The summed E-state index contributed by atoms with van der Waals surface area (Å²) in [5.74, 6) is -0.0655. The molecular formula is C12H16ClN3OS. The largest absolute Gasteiger partial charge is 0.347 e. The first-order valence-electron chi connectivity index (χ1n) is 5.39. The van der Waals surface area contributed by atoms with Crippen LogP contribution in [0.2, 0.25) is 0 Å². The van der Waals surface area contributed by atoms with E-state index in [-0.39, 0.29) is 18.3 Å². The van der Waals surface area contributed by atoms with Crippen molar-refractivity contribution < 1.29 is 4.79 Å². The molecule has 2 N–H and O–H groups in total. The Hall–Kier alpha value is -1.17. The summed E-state index contributed by atoms with van der Waals surface area (Å²) in [6.07, 6.45) is 0.496. The van der Waals surface area contributed by atoms with Gasteiger partial charge in [0.25, 0.3) is 0 Å². The van der Waals surface area contributed by atoms with Gasteiger partial charge < -0.3 is 10.6 Å². The van der Waals surface area contributed by atoms with Gasteiger partial charge >= 0.3 is 0 Å². The van der Waals surface area contributed by atoms with Crippen LogP contribution in [0.4, 0.5) is 0 Å². The van der Waals surface area contributed by atoms with Crippen LogP contribution in [-0.4, -0.2) is 35.9 Å². The number of carbonyl (C=O) groups is 1. The number of hydrogen-bond acceptors (Lipinski definition) is 4. The van der Waals surface area contributed by atoms with Crippen molar-refractivity contribution in [1.29, 1.82) is 0 Å². The molecule has 1 aromatic carbocycles. The number of carbonyl (C=O) groups excluding carboxylic acids is 1. The first kappa shape index (κ1) is 14.9. The lowest BCUT2D eigenvalue weighted by Crippen LogP contribution is -2.41. The fourth-order valence-corrected chi connectivity index (χ4v) is 2.64. The molecule has 2 rings (SSSR count). The number of thiazole rings is 1. The SMILES string of the molecule is CN(C)C(=O)C(N)Cc1nc2ccccc2s1.Cl. The van der Waals surface area contributed by atoms with Crippen LogP contribution in [0.1, 0.15) is 5.01 Å². The number of para-hydroxylation sites is 1. The minimum Gasteiger partial charge on any atom is -0.347 e. The molecule has 0 aliphatic heterocycles. The Kier molecular flexibility index (Phi) is 5.07. The summed E-state index contributed by atoms with van der Waals surface area (Å²) >= 11 is 1.59. The van der Waals surface area contributed by atoms with Crippen LogP contribution in [-0.2, 0) is 11.2 Å². The Bertz CT molecular complexity index is 508. The van der Waals surface area contributed by atoms with Gasteiger partial charge in [0.05, 0.1) is 21.3 Å². The summed E-state index contributed by atoms with van der Waals surface area (Å²) in [5, 5.41) is 0.911. The Labute approximate surface area is 116 Å². The standard InChI is InChI=1S/C12H15N3OS.ClH/c1-15(2)12(16)8(13)7-11-14-9-5-3-4-6-10(9)17-11;/h3-6,8H,7,13H2,1-2H3;1H. The monoisotopic (exact) mass is 285 g/mol. The van der Waals surface area contributed by atoms with Crippen molar-refractivity contribution in [1.82, 2.24) is 9.88 Å². The first-order chi connectivity index (χ1) is 8.08. The van der Waals surface area contributed by atoms with Crippen molar-refractivity contribution in [2.45, 2.75) is 12.5 Å². The van der Waals surface area contributed by atoms with Crippen LogP contribution in [0.5, 0.6) is 0 Å². The number of hydrogen-bond donors (Lipinski definition) is 1. The van der Waals surface area contributed by atoms with Crippen LogP contribution >= 0.6 is 23.7 Å². The molecule has 0 aliphatic rings. The van der Waals surface area contributed by atoms with Crippen molar-refractivity contribution in [2.24, 2.45) is 5.73 Å². The topological polar surface area (TPSA) is 59.2 Å². The smallest absolute Gasteiger partial charge is 0.239 e. The van der Waals surface area contributed by atoms with E-state index in [9.17, 15) is 4.79 Å². The van der Waals surface area contributed by atoms with E-state index in [1.807, 2.05) is 24.3 Å². The third-order valence-electron chi connectivity index (χ3n) is 2.49. The number of rotatable bonds is 3. The van der Waals surface area contributed by atoms with Gasteiger partial charge in [-0.05, 0) is 12.1 Å². The predicted octanol–water partition coefficient (Wildman–Crippen LogP) is 1.68. The number of halogens is 1. The summed E-state index contributed by atoms with van der Waals surface area (Å²) in [4.78, 5) is 17.6. The number of nitrogens with two attached hydrogens (primary N) is 1. The van der Waals surface area contributed by atoms with Crippen molar-refractivity contribution >= 4 is 39.9 Å². The third-order valence-corrected chi connectivity index (χ3v) is 3.55. The molecule has 1 heterocycles. The zero-order valence-electron chi connectivity index (χ0n) is 10.3. The number of nitrogens with zero attached hydrogens (tertiary/aromatic N) is 2. The highest BCUT2D eigenvalue weighted by molar-refractivity contribution is 7.18. The molecule has 1 atom stereocenters. The van der Waals surface area contributed by atoms with Crippen LogP contribution in [0.25, 0.3) is 10.2 Å². The quantitative estimate of drug-likeness (QED) is 0.933. The molecule has 98 valence electrons. The highest BCUT2D eigenvalue weighted by Gasteiger charge is 2.17. The van der Waals surface area contributed by atoms with E-state index in [0.717, 1.165) is 15.2 Å². The molecule has 0 spiro atoms. The number of likely N-dealkylation sites (N-methyl/N-ethyl adjacent to an activating group) is 1. The van der Waals surface area contributed by atoms with E-state index in [4.69, 9.17) is 5.73 Å². The second-order valence-electron chi connectivity index (χ2n) is 4.12. The summed E-state index contributed by atoms with van der Waals surface area (Å²) in [6.45, 7) is 0. The van der Waals surface area contributed by atoms with Gasteiger partial charge in [-0.25, -0.2) is 4.98 Å². The summed E-state index contributed by atoms with van der Waals surface area (Å²) in [7, 11) is 3.42. The first-order valence-corrected chi connectivity index (χ1v) is 6.21. The van der Waals surface area contributed by atoms with Gasteiger partial charge in [-0.2, -0.15) is 0 Å². The Morgan fingerprint density at radius 2 is 2.11 bits per heavy atom. The van der Waals surface area contributed by atoms with Gasteiger partial charge in [-0.15, -0.1) is 23.7 Å². The number of benzene rings is 1. The predicted molar refractivity (Wildman–Crippen MR) is 77.2 cm³/mol. The normalized spacial score (nSPS) is 11.9. The molecule has 0 saturated carbocycles. The summed E-state index contributed by atoms with van der Waals surface area (Å²) < 4.78 is 1.13.